The van der Waals surface area contributed by atoms with Gasteiger partial charge in [-0.3, -0.25) is 0 Å². The molecule has 1 amide bonds. The molecule has 0 saturated heterocycles. The quantitative estimate of drug-likeness (QED) is 0.838. The molecular formula is C17H32N2O2. The van der Waals surface area contributed by atoms with Crippen LogP contribution in [0.25, 0.3) is 0 Å². The van der Waals surface area contributed by atoms with E-state index in [0.717, 1.165) is 31.1 Å². The fourth-order valence-corrected chi connectivity index (χ4v) is 3.64. The first-order valence-electron chi connectivity index (χ1n) is 8.50. The predicted molar refractivity (Wildman–Crippen MR) is 85.3 cm³/mol. The van der Waals surface area contributed by atoms with Crippen molar-refractivity contribution in [3.63, 3.8) is 0 Å². The van der Waals surface area contributed by atoms with Gasteiger partial charge in [0.15, 0.2) is 0 Å². The van der Waals surface area contributed by atoms with E-state index in [1.54, 1.807) is 0 Å². The Kier molecular flexibility index (Phi) is 5.18. The molecule has 0 aliphatic heterocycles. The van der Waals surface area contributed by atoms with Crippen molar-refractivity contribution < 1.29 is 9.53 Å². The second kappa shape index (κ2) is 6.55. The maximum Gasteiger partial charge on any atom is 0.407 e. The third kappa shape index (κ3) is 4.87. The molecule has 0 aromatic rings. The number of carbonyl (C=O) groups excluding carboxylic acids is 1. The largest absolute Gasteiger partial charge is 0.444 e. The SMILES string of the molecule is CC1CCC(NC2CCC(NC(=O)OC(C)(C)C)C2)C1C. The van der Waals surface area contributed by atoms with E-state index < -0.39 is 5.60 Å². The van der Waals surface area contributed by atoms with Crippen LogP contribution in [0.1, 0.15) is 66.7 Å². The van der Waals surface area contributed by atoms with Gasteiger partial charge >= 0.3 is 6.09 Å². The van der Waals surface area contributed by atoms with Gasteiger partial charge in [0.25, 0.3) is 0 Å². The van der Waals surface area contributed by atoms with Gasteiger partial charge in [-0.05, 0) is 64.7 Å². The number of carbonyl (C=O) groups is 1. The van der Waals surface area contributed by atoms with Gasteiger partial charge in [-0.2, -0.15) is 0 Å². The molecule has 2 rings (SSSR count). The Labute approximate surface area is 129 Å². The van der Waals surface area contributed by atoms with Crippen molar-refractivity contribution in [2.45, 2.75) is 90.4 Å². The molecule has 2 fully saturated rings. The summed E-state index contributed by atoms with van der Waals surface area (Å²) >= 11 is 0. The Morgan fingerprint density at radius 1 is 1.05 bits per heavy atom. The number of hydrogen-bond acceptors (Lipinski definition) is 3. The molecule has 0 aromatic heterocycles. The number of hydrogen-bond donors (Lipinski definition) is 2. The first kappa shape index (κ1) is 16.6. The highest BCUT2D eigenvalue weighted by atomic mass is 16.6. The van der Waals surface area contributed by atoms with E-state index in [4.69, 9.17) is 4.74 Å². The second-order valence-corrected chi connectivity index (χ2v) is 8.04. The van der Waals surface area contributed by atoms with Gasteiger partial charge < -0.3 is 15.4 Å². The smallest absolute Gasteiger partial charge is 0.407 e. The highest BCUT2D eigenvalue weighted by molar-refractivity contribution is 5.68. The van der Waals surface area contributed by atoms with E-state index in [-0.39, 0.29) is 12.1 Å². The maximum atomic E-state index is 11.8. The first-order chi connectivity index (χ1) is 9.74. The maximum absolute atomic E-state index is 11.8. The van der Waals surface area contributed by atoms with Gasteiger partial charge in [0.2, 0.25) is 0 Å². The van der Waals surface area contributed by atoms with E-state index in [9.17, 15) is 4.79 Å². The summed E-state index contributed by atoms with van der Waals surface area (Å²) in [6.45, 7) is 10.4. The third-order valence-corrected chi connectivity index (χ3v) is 5.07. The zero-order valence-electron chi connectivity index (χ0n) is 14.2. The summed E-state index contributed by atoms with van der Waals surface area (Å²) < 4.78 is 5.33. The highest BCUT2D eigenvalue weighted by Crippen LogP contribution is 2.32. The Morgan fingerprint density at radius 2 is 1.71 bits per heavy atom. The molecule has 2 aliphatic rings. The van der Waals surface area contributed by atoms with E-state index in [0.29, 0.717) is 12.1 Å². The Hall–Kier alpha value is -0.770. The molecule has 21 heavy (non-hydrogen) atoms. The van der Waals surface area contributed by atoms with Gasteiger partial charge in [0.1, 0.15) is 5.60 Å². The zero-order valence-corrected chi connectivity index (χ0v) is 14.2. The second-order valence-electron chi connectivity index (χ2n) is 8.04. The standard InChI is InChI=1S/C17H32N2O2/c1-11-6-9-15(12(11)2)18-13-7-8-14(10-13)19-16(20)21-17(3,4)5/h11-15,18H,6-10H2,1-5H3,(H,19,20). The fraction of sp³-hybridized carbons (Fsp3) is 0.941. The molecule has 0 spiro atoms. The first-order valence-corrected chi connectivity index (χ1v) is 8.50. The average Bonchev–Trinajstić information content (AvgIpc) is 2.89. The lowest BCUT2D eigenvalue weighted by atomic mass is 9.97. The summed E-state index contributed by atoms with van der Waals surface area (Å²) in [6.07, 6.45) is 5.58. The van der Waals surface area contributed by atoms with Gasteiger partial charge in [0.05, 0.1) is 0 Å². The van der Waals surface area contributed by atoms with E-state index in [2.05, 4.69) is 24.5 Å². The molecule has 5 atom stereocenters. The van der Waals surface area contributed by atoms with E-state index in [1.165, 1.54) is 12.8 Å². The van der Waals surface area contributed by atoms with Crippen LogP contribution >= 0.6 is 0 Å². The summed E-state index contributed by atoms with van der Waals surface area (Å²) in [7, 11) is 0. The van der Waals surface area contributed by atoms with Crippen molar-refractivity contribution in [1.29, 1.82) is 0 Å². The lowest BCUT2D eigenvalue weighted by Crippen LogP contribution is -2.41. The lowest BCUT2D eigenvalue weighted by Gasteiger charge is -2.24. The third-order valence-electron chi connectivity index (χ3n) is 5.07. The molecule has 0 radical (unpaired) electrons. The van der Waals surface area contributed by atoms with Crippen molar-refractivity contribution >= 4 is 6.09 Å². The van der Waals surface area contributed by atoms with E-state index >= 15 is 0 Å². The molecule has 2 aliphatic carbocycles. The number of nitrogens with one attached hydrogen (secondary N) is 2. The number of amides is 1. The van der Waals surface area contributed by atoms with Crippen LogP contribution in [-0.2, 0) is 4.74 Å². The molecule has 5 unspecified atom stereocenters. The molecule has 122 valence electrons. The van der Waals surface area contributed by atoms with Crippen molar-refractivity contribution in [2.24, 2.45) is 11.8 Å². The monoisotopic (exact) mass is 296 g/mol. The van der Waals surface area contributed by atoms with Gasteiger partial charge in [-0.15, -0.1) is 0 Å². The number of ether oxygens (including phenoxy) is 1. The number of rotatable bonds is 3. The Morgan fingerprint density at radius 3 is 2.29 bits per heavy atom. The van der Waals surface area contributed by atoms with Crippen LogP contribution in [0.3, 0.4) is 0 Å². The van der Waals surface area contributed by atoms with Gasteiger partial charge in [-0.1, -0.05) is 13.8 Å². The van der Waals surface area contributed by atoms with Crippen molar-refractivity contribution in [2.75, 3.05) is 0 Å². The molecule has 0 bridgehead atoms. The van der Waals surface area contributed by atoms with Crippen molar-refractivity contribution in [3.8, 4) is 0 Å². The van der Waals surface area contributed by atoms with Crippen LogP contribution < -0.4 is 10.6 Å². The average molecular weight is 296 g/mol. The number of alkyl carbamates (subject to hydrolysis) is 1. The molecular weight excluding hydrogens is 264 g/mol. The molecule has 0 heterocycles. The summed E-state index contributed by atoms with van der Waals surface area (Å²) in [5, 5.41) is 6.83. The minimum absolute atomic E-state index is 0.256. The topological polar surface area (TPSA) is 50.4 Å². The normalized spacial score (nSPS) is 36.7. The van der Waals surface area contributed by atoms with Crippen LogP contribution in [0, 0.1) is 11.8 Å². The molecule has 4 heteroatoms. The highest BCUT2D eigenvalue weighted by Gasteiger charge is 2.34. The molecule has 2 saturated carbocycles. The summed E-state index contributed by atoms with van der Waals surface area (Å²) in [6, 6.07) is 1.46. The minimum Gasteiger partial charge on any atom is -0.444 e. The summed E-state index contributed by atoms with van der Waals surface area (Å²) in [4.78, 5) is 11.8. The lowest BCUT2D eigenvalue weighted by molar-refractivity contribution is 0.0505. The van der Waals surface area contributed by atoms with Gasteiger partial charge in [-0.25, -0.2) is 4.79 Å². The van der Waals surface area contributed by atoms with Crippen molar-refractivity contribution in [3.05, 3.63) is 0 Å². The summed E-state index contributed by atoms with van der Waals surface area (Å²) in [5.41, 5.74) is -0.421. The van der Waals surface area contributed by atoms with Crippen LogP contribution in [0.4, 0.5) is 4.79 Å². The molecule has 0 aromatic carbocycles. The fourth-order valence-electron chi connectivity index (χ4n) is 3.64. The Balaban J connectivity index is 1.72. The van der Waals surface area contributed by atoms with Crippen molar-refractivity contribution in [1.82, 2.24) is 10.6 Å². The van der Waals surface area contributed by atoms with Crippen LogP contribution in [-0.4, -0.2) is 29.8 Å². The van der Waals surface area contributed by atoms with Crippen LogP contribution in [0.2, 0.25) is 0 Å². The zero-order chi connectivity index (χ0) is 15.6. The van der Waals surface area contributed by atoms with Gasteiger partial charge in [0, 0.05) is 18.1 Å². The predicted octanol–water partition coefficient (Wildman–Crippen LogP) is 3.46. The van der Waals surface area contributed by atoms with E-state index in [1.807, 2.05) is 20.8 Å². The van der Waals surface area contributed by atoms with Crippen LogP contribution in [0.5, 0.6) is 0 Å². The van der Waals surface area contributed by atoms with Crippen LogP contribution in [0.15, 0.2) is 0 Å². The summed E-state index contributed by atoms with van der Waals surface area (Å²) in [5.74, 6) is 1.60. The minimum atomic E-state index is -0.421. The molecule has 4 nitrogen and oxygen atoms in total. The molecule has 2 N–H and O–H groups in total. The Bertz CT molecular complexity index is 364.